The van der Waals surface area contributed by atoms with Crippen molar-refractivity contribution in [1.29, 1.82) is 0 Å². The standard InChI is InChI=1S/C21H23N5O2S.ClH/c1-15(13-22-11-9-21-19-4-2-3-5-20(19)24-25-21)26-29(27,28)18-7-6-17-14-23-10-8-16(17)12-18;/h2-8,10,12,14-15,22,26H,9,11,13H2,1H3,(H,24,25);1H/t15-;/m1./s1. The van der Waals surface area contributed by atoms with Crippen LogP contribution in [0.2, 0.25) is 0 Å². The Morgan fingerprint density at radius 1 is 1.10 bits per heavy atom. The van der Waals surface area contributed by atoms with E-state index in [9.17, 15) is 8.42 Å². The summed E-state index contributed by atoms with van der Waals surface area (Å²) in [6.45, 7) is 3.09. The molecule has 0 bridgehead atoms. The Bertz CT molecular complexity index is 1240. The normalized spacial score (nSPS) is 12.7. The minimum atomic E-state index is -3.59. The van der Waals surface area contributed by atoms with Gasteiger partial charge in [-0.25, -0.2) is 13.1 Å². The van der Waals surface area contributed by atoms with Crippen LogP contribution in [0, 0.1) is 0 Å². The summed E-state index contributed by atoms with van der Waals surface area (Å²) in [5.41, 5.74) is 2.03. The van der Waals surface area contributed by atoms with Crippen molar-refractivity contribution < 1.29 is 8.42 Å². The van der Waals surface area contributed by atoms with E-state index in [0.29, 0.717) is 13.1 Å². The van der Waals surface area contributed by atoms with Gasteiger partial charge in [0.05, 0.1) is 16.1 Å². The van der Waals surface area contributed by atoms with Gasteiger partial charge in [0.25, 0.3) is 0 Å². The van der Waals surface area contributed by atoms with Crippen LogP contribution >= 0.6 is 12.4 Å². The number of para-hydroxylation sites is 1. The van der Waals surface area contributed by atoms with E-state index in [0.717, 1.165) is 33.8 Å². The predicted molar refractivity (Wildman–Crippen MR) is 121 cm³/mol. The van der Waals surface area contributed by atoms with Crippen molar-refractivity contribution in [3.05, 3.63) is 66.6 Å². The van der Waals surface area contributed by atoms with Gasteiger partial charge < -0.3 is 5.32 Å². The zero-order valence-corrected chi connectivity index (χ0v) is 18.1. The van der Waals surface area contributed by atoms with Crippen molar-refractivity contribution in [2.75, 3.05) is 13.1 Å². The number of hydrogen-bond acceptors (Lipinski definition) is 5. The number of sulfonamides is 1. The molecule has 2 heterocycles. The Labute approximate surface area is 181 Å². The smallest absolute Gasteiger partial charge is 0.240 e. The van der Waals surface area contributed by atoms with E-state index in [1.165, 1.54) is 0 Å². The molecule has 30 heavy (non-hydrogen) atoms. The fraction of sp³-hybridized carbons (Fsp3) is 0.238. The van der Waals surface area contributed by atoms with Gasteiger partial charge in [-0.1, -0.05) is 24.3 Å². The van der Waals surface area contributed by atoms with Crippen LogP contribution in [0.1, 0.15) is 12.6 Å². The van der Waals surface area contributed by atoms with Crippen molar-refractivity contribution in [3.8, 4) is 0 Å². The fourth-order valence-corrected chi connectivity index (χ4v) is 4.62. The molecule has 158 valence electrons. The lowest BCUT2D eigenvalue weighted by atomic mass is 10.1. The summed E-state index contributed by atoms with van der Waals surface area (Å²) in [4.78, 5) is 4.31. The maximum Gasteiger partial charge on any atom is 0.240 e. The zero-order valence-electron chi connectivity index (χ0n) is 16.5. The molecule has 7 nitrogen and oxygen atoms in total. The van der Waals surface area contributed by atoms with Gasteiger partial charge in [-0.15, -0.1) is 12.4 Å². The first-order valence-electron chi connectivity index (χ1n) is 9.52. The van der Waals surface area contributed by atoms with E-state index in [-0.39, 0.29) is 23.3 Å². The number of pyridine rings is 1. The second-order valence-corrected chi connectivity index (χ2v) is 8.79. The zero-order chi connectivity index (χ0) is 20.3. The van der Waals surface area contributed by atoms with Crippen molar-refractivity contribution in [2.24, 2.45) is 0 Å². The molecule has 0 aliphatic rings. The largest absolute Gasteiger partial charge is 0.315 e. The average molecular weight is 446 g/mol. The molecule has 4 aromatic rings. The first-order valence-corrected chi connectivity index (χ1v) is 11.0. The highest BCUT2D eigenvalue weighted by atomic mass is 35.5. The van der Waals surface area contributed by atoms with Crippen molar-refractivity contribution in [3.63, 3.8) is 0 Å². The third-order valence-electron chi connectivity index (χ3n) is 4.82. The summed E-state index contributed by atoms with van der Waals surface area (Å²) in [6.07, 6.45) is 4.14. The number of hydrogen-bond donors (Lipinski definition) is 3. The molecule has 0 radical (unpaired) electrons. The van der Waals surface area contributed by atoms with E-state index in [2.05, 4.69) is 25.2 Å². The predicted octanol–water partition coefficient (Wildman–Crippen LogP) is 3.03. The van der Waals surface area contributed by atoms with Gasteiger partial charge in [0.15, 0.2) is 0 Å². The maximum absolute atomic E-state index is 12.7. The van der Waals surface area contributed by atoms with Gasteiger partial charge in [0.1, 0.15) is 0 Å². The van der Waals surface area contributed by atoms with E-state index in [4.69, 9.17) is 0 Å². The Morgan fingerprint density at radius 3 is 2.80 bits per heavy atom. The topological polar surface area (TPSA) is 99.8 Å². The molecule has 1 atom stereocenters. The molecule has 0 amide bonds. The first kappa shape index (κ1) is 22.2. The Kier molecular flexibility index (Phi) is 7.04. The molecule has 0 fully saturated rings. The molecule has 3 N–H and O–H groups in total. The summed E-state index contributed by atoms with van der Waals surface area (Å²) in [5.74, 6) is 0. The molecular weight excluding hydrogens is 422 g/mol. The molecule has 0 saturated carbocycles. The van der Waals surface area contributed by atoms with Gasteiger partial charge in [-0.2, -0.15) is 5.10 Å². The maximum atomic E-state index is 12.7. The van der Waals surface area contributed by atoms with Crippen LogP contribution in [0.25, 0.3) is 21.7 Å². The highest BCUT2D eigenvalue weighted by molar-refractivity contribution is 7.89. The second-order valence-electron chi connectivity index (χ2n) is 7.08. The van der Waals surface area contributed by atoms with Crippen LogP contribution in [0.5, 0.6) is 0 Å². The Balaban J connectivity index is 0.00000256. The number of aromatic nitrogens is 3. The molecule has 2 aromatic heterocycles. The number of rotatable bonds is 8. The summed E-state index contributed by atoms with van der Waals surface area (Å²) >= 11 is 0. The monoisotopic (exact) mass is 445 g/mol. The molecule has 9 heteroatoms. The Hall–Kier alpha value is -2.52. The average Bonchev–Trinajstić information content (AvgIpc) is 3.14. The lowest BCUT2D eigenvalue weighted by Gasteiger charge is -2.15. The molecule has 0 aliphatic heterocycles. The number of H-pyrrole nitrogens is 1. The van der Waals surface area contributed by atoms with Crippen LogP contribution in [0.4, 0.5) is 0 Å². The van der Waals surface area contributed by atoms with Gasteiger partial charge >= 0.3 is 0 Å². The van der Waals surface area contributed by atoms with Gasteiger partial charge in [-0.3, -0.25) is 10.1 Å². The number of halogens is 1. The molecule has 0 saturated heterocycles. The summed E-state index contributed by atoms with van der Waals surface area (Å²) in [7, 11) is -3.59. The van der Waals surface area contributed by atoms with Gasteiger partial charge in [-0.05, 0) is 36.6 Å². The van der Waals surface area contributed by atoms with E-state index in [1.807, 2.05) is 31.2 Å². The van der Waals surface area contributed by atoms with Crippen molar-refractivity contribution in [1.82, 2.24) is 25.2 Å². The molecular formula is C21H24ClN5O2S. The summed E-state index contributed by atoms with van der Waals surface area (Å²) in [6, 6.07) is 14.6. The quantitative estimate of drug-likeness (QED) is 0.362. The van der Waals surface area contributed by atoms with E-state index in [1.54, 1.807) is 36.7 Å². The van der Waals surface area contributed by atoms with Crippen LogP contribution in [-0.4, -0.2) is 42.7 Å². The molecule has 0 unspecified atom stereocenters. The van der Waals surface area contributed by atoms with Gasteiger partial charge in [0.2, 0.25) is 10.0 Å². The fourth-order valence-electron chi connectivity index (χ4n) is 3.34. The minimum Gasteiger partial charge on any atom is -0.315 e. The SMILES string of the molecule is C[C@H](CNCCc1n[nH]c2ccccc12)NS(=O)(=O)c1ccc2cnccc2c1.Cl. The van der Waals surface area contributed by atoms with Crippen LogP contribution in [-0.2, 0) is 16.4 Å². The third-order valence-corrected chi connectivity index (χ3v) is 6.40. The molecule has 2 aromatic carbocycles. The third kappa shape index (κ3) is 4.96. The van der Waals surface area contributed by atoms with Crippen molar-refractivity contribution >= 4 is 44.1 Å². The minimum absolute atomic E-state index is 0. The number of nitrogens with one attached hydrogen (secondary N) is 3. The van der Waals surface area contributed by atoms with Crippen molar-refractivity contribution in [2.45, 2.75) is 24.3 Å². The summed E-state index contributed by atoms with van der Waals surface area (Å²) in [5, 5.41) is 13.6. The Morgan fingerprint density at radius 2 is 1.93 bits per heavy atom. The molecule has 4 rings (SSSR count). The van der Waals surface area contributed by atoms with E-state index >= 15 is 0 Å². The number of aromatic amines is 1. The first-order chi connectivity index (χ1) is 14.0. The van der Waals surface area contributed by atoms with Crippen LogP contribution < -0.4 is 10.0 Å². The van der Waals surface area contributed by atoms with E-state index < -0.39 is 10.0 Å². The highest BCUT2D eigenvalue weighted by Crippen LogP contribution is 2.18. The number of fused-ring (bicyclic) bond motifs is 2. The lowest BCUT2D eigenvalue weighted by molar-refractivity contribution is 0.537. The number of benzene rings is 2. The van der Waals surface area contributed by atoms with Crippen LogP contribution in [0.3, 0.4) is 0 Å². The summed E-state index contributed by atoms with van der Waals surface area (Å²) < 4.78 is 28.1. The van der Waals surface area contributed by atoms with Gasteiger partial charge in [0, 0.05) is 48.7 Å². The second kappa shape index (κ2) is 9.53. The molecule has 0 spiro atoms. The molecule has 0 aliphatic carbocycles. The highest BCUT2D eigenvalue weighted by Gasteiger charge is 2.17. The van der Waals surface area contributed by atoms with Crippen LogP contribution in [0.15, 0.2) is 65.8 Å². The number of nitrogens with zero attached hydrogens (tertiary/aromatic N) is 2. The lowest BCUT2D eigenvalue weighted by Crippen LogP contribution is -2.40.